The normalized spacial score (nSPS) is 11.8. The summed E-state index contributed by atoms with van der Waals surface area (Å²) < 4.78 is 0. The highest BCUT2D eigenvalue weighted by atomic mass is 35.5. The molecule has 1 aromatic carbocycles. The summed E-state index contributed by atoms with van der Waals surface area (Å²) in [7, 11) is 0. The molecule has 0 saturated heterocycles. The molecule has 1 N–H and O–H groups in total. The Bertz CT molecular complexity index is 339. The summed E-state index contributed by atoms with van der Waals surface area (Å²) in [4.78, 5) is 0. The standard InChI is InChI=1S/C14H22ClN/c1-11-7-8-12(10-13(11)15)6-5-9-16-14(2,3)4/h7-8,10,16H,5-6,9H2,1-4H3. The lowest BCUT2D eigenvalue weighted by Crippen LogP contribution is -2.36. The molecule has 0 bridgehead atoms. The molecule has 0 heterocycles. The van der Waals surface area contributed by atoms with E-state index in [9.17, 15) is 0 Å². The Hall–Kier alpha value is -0.530. The van der Waals surface area contributed by atoms with Crippen LogP contribution in [0.15, 0.2) is 18.2 Å². The van der Waals surface area contributed by atoms with Gasteiger partial charge in [-0.2, -0.15) is 0 Å². The number of halogens is 1. The second-order valence-electron chi connectivity index (χ2n) is 5.36. The molecule has 0 fully saturated rings. The molecule has 0 unspecified atom stereocenters. The molecule has 1 nitrogen and oxygen atoms in total. The van der Waals surface area contributed by atoms with E-state index in [1.807, 2.05) is 6.92 Å². The Kier molecular flexibility index (Phi) is 4.82. The summed E-state index contributed by atoms with van der Waals surface area (Å²) in [5.74, 6) is 0. The molecule has 0 atom stereocenters. The summed E-state index contributed by atoms with van der Waals surface area (Å²) in [6.07, 6.45) is 2.24. The van der Waals surface area contributed by atoms with E-state index in [4.69, 9.17) is 11.6 Å². The second kappa shape index (κ2) is 5.70. The predicted molar refractivity (Wildman–Crippen MR) is 72.3 cm³/mol. The van der Waals surface area contributed by atoms with Crippen LogP contribution in [0.25, 0.3) is 0 Å². The third kappa shape index (κ3) is 5.00. The van der Waals surface area contributed by atoms with Crippen LogP contribution in [-0.4, -0.2) is 12.1 Å². The van der Waals surface area contributed by atoms with Crippen molar-refractivity contribution in [3.8, 4) is 0 Å². The van der Waals surface area contributed by atoms with Crippen molar-refractivity contribution in [2.45, 2.75) is 46.1 Å². The lowest BCUT2D eigenvalue weighted by Gasteiger charge is -2.20. The molecule has 0 aliphatic rings. The average molecular weight is 240 g/mol. The van der Waals surface area contributed by atoms with Crippen LogP contribution in [0.5, 0.6) is 0 Å². The largest absolute Gasteiger partial charge is 0.312 e. The highest BCUT2D eigenvalue weighted by Crippen LogP contribution is 2.17. The van der Waals surface area contributed by atoms with E-state index in [0.29, 0.717) is 0 Å². The van der Waals surface area contributed by atoms with Gasteiger partial charge in [-0.25, -0.2) is 0 Å². The zero-order valence-electron chi connectivity index (χ0n) is 10.7. The first-order valence-corrected chi connectivity index (χ1v) is 6.26. The van der Waals surface area contributed by atoms with E-state index < -0.39 is 0 Å². The van der Waals surface area contributed by atoms with Gasteiger partial charge in [0.25, 0.3) is 0 Å². The maximum atomic E-state index is 6.08. The second-order valence-corrected chi connectivity index (χ2v) is 5.77. The lowest BCUT2D eigenvalue weighted by molar-refractivity contribution is 0.422. The van der Waals surface area contributed by atoms with Gasteiger partial charge in [0.2, 0.25) is 0 Å². The number of benzene rings is 1. The number of hydrogen-bond acceptors (Lipinski definition) is 1. The molecule has 0 radical (unpaired) electrons. The minimum atomic E-state index is 0.213. The molecule has 0 amide bonds. The molecule has 0 aliphatic heterocycles. The van der Waals surface area contributed by atoms with E-state index >= 15 is 0 Å². The Morgan fingerprint density at radius 3 is 2.50 bits per heavy atom. The lowest BCUT2D eigenvalue weighted by atomic mass is 10.1. The maximum Gasteiger partial charge on any atom is 0.0437 e. The summed E-state index contributed by atoms with van der Waals surface area (Å²) in [6, 6.07) is 6.33. The van der Waals surface area contributed by atoms with Gasteiger partial charge in [0.05, 0.1) is 0 Å². The van der Waals surface area contributed by atoms with Crippen LogP contribution in [0.4, 0.5) is 0 Å². The van der Waals surface area contributed by atoms with E-state index in [2.05, 4.69) is 44.3 Å². The molecule has 1 rings (SSSR count). The van der Waals surface area contributed by atoms with Crippen LogP contribution in [0.3, 0.4) is 0 Å². The van der Waals surface area contributed by atoms with Gasteiger partial charge in [0, 0.05) is 10.6 Å². The van der Waals surface area contributed by atoms with Gasteiger partial charge in [-0.05, 0) is 64.3 Å². The molecule has 0 aromatic heterocycles. The molecular formula is C14H22ClN. The molecule has 0 spiro atoms. The van der Waals surface area contributed by atoms with Crippen LogP contribution >= 0.6 is 11.6 Å². The molecule has 0 aliphatic carbocycles. The highest BCUT2D eigenvalue weighted by molar-refractivity contribution is 6.31. The Labute approximate surface area is 104 Å². The summed E-state index contributed by atoms with van der Waals surface area (Å²) in [5, 5.41) is 4.36. The van der Waals surface area contributed by atoms with E-state index in [1.165, 1.54) is 5.56 Å². The molecule has 90 valence electrons. The summed E-state index contributed by atoms with van der Waals surface area (Å²) in [5.41, 5.74) is 2.69. The van der Waals surface area contributed by atoms with Gasteiger partial charge in [0.1, 0.15) is 0 Å². The smallest absolute Gasteiger partial charge is 0.0437 e. The fourth-order valence-electron chi connectivity index (χ4n) is 1.55. The van der Waals surface area contributed by atoms with Crippen LogP contribution in [0.1, 0.15) is 38.3 Å². The average Bonchev–Trinajstić information content (AvgIpc) is 2.17. The van der Waals surface area contributed by atoms with Crippen LogP contribution in [0, 0.1) is 6.92 Å². The molecule has 2 heteroatoms. The predicted octanol–water partition coefficient (Wildman–Crippen LogP) is 3.97. The van der Waals surface area contributed by atoms with Gasteiger partial charge < -0.3 is 5.32 Å². The van der Waals surface area contributed by atoms with Crippen molar-refractivity contribution in [2.75, 3.05) is 6.54 Å². The van der Waals surface area contributed by atoms with Gasteiger partial charge in [-0.1, -0.05) is 23.7 Å². The maximum absolute atomic E-state index is 6.08. The SMILES string of the molecule is Cc1ccc(CCCNC(C)(C)C)cc1Cl. The van der Waals surface area contributed by atoms with Crippen molar-refractivity contribution in [3.05, 3.63) is 34.3 Å². The van der Waals surface area contributed by atoms with E-state index in [-0.39, 0.29) is 5.54 Å². The fraction of sp³-hybridized carbons (Fsp3) is 0.571. The third-order valence-electron chi connectivity index (χ3n) is 2.53. The number of hydrogen-bond donors (Lipinski definition) is 1. The highest BCUT2D eigenvalue weighted by Gasteiger charge is 2.07. The van der Waals surface area contributed by atoms with Crippen LogP contribution in [0.2, 0.25) is 5.02 Å². The van der Waals surface area contributed by atoms with Crippen molar-refractivity contribution in [2.24, 2.45) is 0 Å². The van der Waals surface area contributed by atoms with Crippen LogP contribution < -0.4 is 5.32 Å². The first-order valence-electron chi connectivity index (χ1n) is 5.88. The van der Waals surface area contributed by atoms with Gasteiger partial charge in [0.15, 0.2) is 0 Å². The summed E-state index contributed by atoms with van der Waals surface area (Å²) >= 11 is 6.08. The topological polar surface area (TPSA) is 12.0 Å². The van der Waals surface area contributed by atoms with E-state index in [1.54, 1.807) is 0 Å². The molecule has 1 aromatic rings. The van der Waals surface area contributed by atoms with Gasteiger partial charge in [-0.3, -0.25) is 0 Å². The Balaban J connectivity index is 2.35. The van der Waals surface area contributed by atoms with Gasteiger partial charge >= 0.3 is 0 Å². The minimum absolute atomic E-state index is 0.213. The monoisotopic (exact) mass is 239 g/mol. The third-order valence-corrected chi connectivity index (χ3v) is 2.94. The van der Waals surface area contributed by atoms with E-state index in [0.717, 1.165) is 30.0 Å². The van der Waals surface area contributed by atoms with Crippen LogP contribution in [-0.2, 0) is 6.42 Å². The van der Waals surface area contributed by atoms with Gasteiger partial charge in [-0.15, -0.1) is 0 Å². The fourth-order valence-corrected chi connectivity index (χ4v) is 1.75. The quantitative estimate of drug-likeness (QED) is 0.784. The first-order chi connectivity index (χ1) is 7.38. The zero-order valence-corrected chi connectivity index (χ0v) is 11.5. The minimum Gasteiger partial charge on any atom is -0.312 e. The number of rotatable bonds is 4. The molecule has 16 heavy (non-hydrogen) atoms. The van der Waals surface area contributed by atoms with Crippen molar-refractivity contribution in [3.63, 3.8) is 0 Å². The van der Waals surface area contributed by atoms with Crippen molar-refractivity contribution in [1.29, 1.82) is 0 Å². The summed E-state index contributed by atoms with van der Waals surface area (Å²) in [6.45, 7) is 9.66. The molecule has 0 saturated carbocycles. The zero-order chi connectivity index (χ0) is 12.2. The number of aryl methyl sites for hydroxylation is 2. The molecular weight excluding hydrogens is 218 g/mol. The Morgan fingerprint density at radius 1 is 1.25 bits per heavy atom. The number of nitrogens with one attached hydrogen (secondary N) is 1. The van der Waals surface area contributed by atoms with Crippen molar-refractivity contribution < 1.29 is 0 Å². The first kappa shape index (κ1) is 13.5. The Morgan fingerprint density at radius 2 is 1.94 bits per heavy atom. The van der Waals surface area contributed by atoms with Crippen molar-refractivity contribution >= 4 is 11.6 Å². The van der Waals surface area contributed by atoms with Crippen molar-refractivity contribution in [1.82, 2.24) is 5.32 Å².